The molecule has 0 aliphatic carbocycles. The van der Waals surface area contributed by atoms with E-state index in [-0.39, 0.29) is 5.97 Å². The molecule has 2 rings (SSSR count). The van der Waals surface area contributed by atoms with Crippen LogP contribution >= 0.6 is 0 Å². The molecule has 0 saturated carbocycles. The Morgan fingerprint density at radius 3 is 2.86 bits per heavy atom. The monoisotopic (exact) mass is 291 g/mol. The lowest BCUT2D eigenvalue weighted by Crippen LogP contribution is -2.47. The molecule has 1 unspecified atom stereocenters. The molecule has 1 aliphatic rings. The van der Waals surface area contributed by atoms with Crippen LogP contribution in [0.25, 0.3) is 0 Å². The lowest BCUT2D eigenvalue weighted by Gasteiger charge is -2.39. The average Bonchev–Trinajstić information content (AvgIpc) is 2.47. The van der Waals surface area contributed by atoms with Crippen LogP contribution < -0.4 is 0 Å². The number of esters is 1. The van der Waals surface area contributed by atoms with Gasteiger partial charge in [-0.3, -0.25) is 9.69 Å². The number of β-amino-alcohol motifs (C(OH)–C–C–N with tert-alkyl or cyclic N) is 1. The fourth-order valence-electron chi connectivity index (χ4n) is 2.95. The minimum atomic E-state index is -0.764. The van der Waals surface area contributed by atoms with Gasteiger partial charge in [-0.05, 0) is 38.3 Å². The molecule has 1 N–H and O–H groups in total. The Hall–Kier alpha value is -1.39. The molecule has 0 bridgehead atoms. The molecule has 116 valence electrons. The van der Waals surface area contributed by atoms with Crippen molar-refractivity contribution in [1.82, 2.24) is 4.90 Å². The third kappa shape index (κ3) is 5.14. The van der Waals surface area contributed by atoms with Crippen LogP contribution in [0.5, 0.6) is 0 Å². The highest BCUT2D eigenvalue weighted by atomic mass is 16.5. The van der Waals surface area contributed by atoms with Crippen molar-refractivity contribution in [3.05, 3.63) is 35.9 Å². The van der Waals surface area contributed by atoms with E-state index in [9.17, 15) is 9.90 Å². The average molecular weight is 291 g/mol. The molecule has 0 amide bonds. The molecular weight excluding hydrogens is 266 g/mol. The quantitative estimate of drug-likeness (QED) is 0.817. The van der Waals surface area contributed by atoms with E-state index in [1.54, 1.807) is 6.92 Å². The summed E-state index contributed by atoms with van der Waals surface area (Å²) in [6, 6.07) is 10.3. The standard InChI is InChI=1S/C17H25NO3/c1-2-21-16(19)9-11-17(20)10-6-12-18(14-17)13-15-7-4-3-5-8-15/h3-5,7-8,20H,2,6,9-14H2,1H3. The second kappa shape index (κ2) is 7.57. The van der Waals surface area contributed by atoms with Crippen LogP contribution in [0.3, 0.4) is 0 Å². The summed E-state index contributed by atoms with van der Waals surface area (Å²) < 4.78 is 4.94. The highest BCUT2D eigenvalue weighted by Crippen LogP contribution is 2.27. The van der Waals surface area contributed by atoms with Crippen molar-refractivity contribution in [2.45, 2.75) is 44.8 Å². The molecule has 1 aliphatic heterocycles. The molecular formula is C17H25NO3. The number of carbonyl (C=O) groups excluding carboxylic acids is 1. The van der Waals surface area contributed by atoms with Gasteiger partial charge in [0.2, 0.25) is 0 Å². The van der Waals surface area contributed by atoms with Gasteiger partial charge in [-0.15, -0.1) is 0 Å². The number of likely N-dealkylation sites (tertiary alicyclic amines) is 1. The number of rotatable bonds is 6. The first-order valence-corrected chi connectivity index (χ1v) is 7.75. The normalized spacial score (nSPS) is 23.0. The summed E-state index contributed by atoms with van der Waals surface area (Å²) in [7, 11) is 0. The Kier molecular flexibility index (Phi) is 5.76. The minimum Gasteiger partial charge on any atom is -0.466 e. The molecule has 0 aromatic heterocycles. The Labute approximate surface area is 126 Å². The first-order valence-electron chi connectivity index (χ1n) is 7.75. The minimum absolute atomic E-state index is 0.217. The highest BCUT2D eigenvalue weighted by Gasteiger charge is 2.33. The van der Waals surface area contributed by atoms with E-state index in [4.69, 9.17) is 4.74 Å². The molecule has 1 atom stereocenters. The maximum Gasteiger partial charge on any atom is 0.305 e. The first-order chi connectivity index (χ1) is 10.1. The van der Waals surface area contributed by atoms with E-state index >= 15 is 0 Å². The Bertz CT molecular complexity index is 449. The number of carbonyl (C=O) groups is 1. The Morgan fingerprint density at radius 2 is 2.14 bits per heavy atom. The van der Waals surface area contributed by atoms with Gasteiger partial charge in [-0.25, -0.2) is 0 Å². The first kappa shape index (κ1) is 16.0. The molecule has 4 heteroatoms. The van der Waals surface area contributed by atoms with Gasteiger partial charge < -0.3 is 9.84 Å². The summed E-state index contributed by atoms with van der Waals surface area (Å²) in [5.74, 6) is -0.217. The third-order valence-electron chi connectivity index (χ3n) is 3.98. The van der Waals surface area contributed by atoms with Crippen molar-refractivity contribution in [2.75, 3.05) is 19.7 Å². The van der Waals surface area contributed by atoms with Crippen LogP contribution in [0.15, 0.2) is 30.3 Å². The summed E-state index contributed by atoms with van der Waals surface area (Å²) in [6.45, 7) is 4.67. The Morgan fingerprint density at radius 1 is 1.38 bits per heavy atom. The smallest absolute Gasteiger partial charge is 0.305 e. The lowest BCUT2D eigenvalue weighted by atomic mass is 9.88. The zero-order valence-corrected chi connectivity index (χ0v) is 12.8. The second-order valence-electron chi connectivity index (χ2n) is 5.83. The SMILES string of the molecule is CCOC(=O)CCC1(O)CCCN(Cc2ccccc2)C1. The number of aliphatic hydroxyl groups is 1. The molecule has 0 radical (unpaired) electrons. The number of hydrogen-bond acceptors (Lipinski definition) is 4. The third-order valence-corrected chi connectivity index (χ3v) is 3.98. The largest absolute Gasteiger partial charge is 0.466 e. The predicted molar refractivity (Wildman–Crippen MR) is 81.8 cm³/mol. The van der Waals surface area contributed by atoms with Gasteiger partial charge >= 0.3 is 5.97 Å². The van der Waals surface area contributed by atoms with Gasteiger partial charge in [-0.1, -0.05) is 30.3 Å². The van der Waals surface area contributed by atoms with E-state index in [0.29, 0.717) is 26.0 Å². The van der Waals surface area contributed by atoms with Crippen molar-refractivity contribution < 1.29 is 14.6 Å². The Balaban J connectivity index is 1.85. The molecule has 1 aromatic rings. The summed E-state index contributed by atoms with van der Waals surface area (Å²) in [6.07, 6.45) is 2.50. The van der Waals surface area contributed by atoms with Crippen LogP contribution in [0.1, 0.15) is 38.2 Å². The maximum atomic E-state index is 11.5. The topological polar surface area (TPSA) is 49.8 Å². The van der Waals surface area contributed by atoms with Crippen LogP contribution in [0.4, 0.5) is 0 Å². The van der Waals surface area contributed by atoms with Crippen molar-refractivity contribution >= 4 is 5.97 Å². The molecule has 1 fully saturated rings. The maximum absolute atomic E-state index is 11.5. The fourth-order valence-corrected chi connectivity index (χ4v) is 2.95. The van der Waals surface area contributed by atoms with Gasteiger partial charge in [0, 0.05) is 19.5 Å². The van der Waals surface area contributed by atoms with Crippen LogP contribution in [-0.4, -0.2) is 41.3 Å². The predicted octanol–water partition coefficient (Wildman–Crippen LogP) is 2.36. The van der Waals surface area contributed by atoms with Gasteiger partial charge in [-0.2, -0.15) is 0 Å². The van der Waals surface area contributed by atoms with Crippen molar-refractivity contribution in [1.29, 1.82) is 0 Å². The van der Waals surface area contributed by atoms with Crippen LogP contribution in [0.2, 0.25) is 0 Å². The lowest BCUT2D eigenvalue weighted by molar-refractivity contribution is -0.145. The molecule has 1 saturated heterocycles. The summed E-state index contributed by atoms with van der Waals surface area (Å²) in [5, 5.41) is 10.7. The van der Waals surface area contributed by atoms with E-state index in [1.165, 1.54) is 5.56 Å². The zero-order chi connectivity index (χ0) is 15.1. The van der Waals surface area contributed by atoms with Crippen molar-refractivity contribution in [2.24, 2.45) is 0 Å². The molecule has 4 nitrogen and oxygen atoms in total. The molecule has 1 heterocycles. The molecule has 0 spiro atoms. The van der Waals surface area contributed by atoms with Gasteiger partial charge in [0.25, 0.3) is 0 Å². The number of piperidine rings is 1. The fraction of sp³-hybridized carbons (Fsp3) is 0.588. The number of nitrogens with zero attached hydrogens (tertiary/aromatic N) is 1. The summed E-state index contributed by atoms with van der Waals surface area (Å²) in [5.41, 5.74) is 0.493. The van der Waals surface area contributed by atoms with Crippen LogP contribution in [-0.2, 0) is 16.1 Å². The van der Waals surface area contributed by atoms with Crippen molar-refractivity contribution in [3.8, 4) is 0 Å². The van der Waals surface area contributed by atoms with Gasteiger partial charge in [0.15, 0.2) is 0 Å². The van der Waals surface area contributed by atoms with E-state index < -0.39 is 5.60 Å². The van der Waals surface area contributed by atoms with E-state index in [1.807, 2.05) is 18.2 Å². The summed E-state index contributed by atoms with van der Waals surface area (Å²) >= 11 is 0. The number of ether oxygens (including phenoxy) is 1. The summed E-state index contributed by atoms with van der Waals surface area (Å²) in [4.78, 5) is 13.7. The zero-order valence-electron chi connectivity index (χ0n) is 12.8. The number of hydrogen-bond donors (Lipinski definition) is 1. The second-order valence-corrected chi connectivity index (χ2v) is 5.83. The molecule has 1 aromatic carbocycles. The van der Waals surface area contributed by atoms with E-state index in [2.05, 4.69) is 17.0 Å². The molecule has 21 heavy (non-hydrogen) atoms. The van der Waals surface area contributed by atoms with Gasteiger partial charge in [0.1, 0.15) is 0 Å². The van der Waals surface area contributed by atoms with Crippen molar-refractivity contribution in [3.63, 3.8) is 0 Å². The highest BCUT2D eigenvalue weighted by molar-refractivity contribution is 5.69. The van der Waals surface area contributed by atoms with Gasteiger partial charge in [0.05, 0.1) is 12.2 Å². The van der Waals surface area contributed by atoms with Crippen LogP contribution in [0, 0.1) is 0 Å². The number of benzene rings is 1. The van der Waals surface area contributed by atoms with E-state index in [0.717, 1.165) is 25.9 Å².